The molecule has 5 nitrogen and oxygen atoms in total. The Morgan fingerprint density at radius 2 is 2.24 bits per heavy atom. The molecule has 0 saturated heterocycles. The average Bonchev–Trinajstić information content (AvgIpc) is 3.02. The normalized spacial score (nSPS) is 11.0. The lowest BCUT2D eigenvalue weighted by atomic mass is 10.1. The first-order valence-electron chi connectivity index (χ1n) is 6.14. The Labute approximate surface area is 134 Å². The summed E-state index contributed by atoms with van der Waals surface area (Å²) >= 11 is 13.3. The molecule has 3 rings (SSSR count). The van der Waals surface area contributed by atoms with E-state index in [2.05, 4.69) is 15.4 Å². The van der Waals surface area contributed by atoms with Crippen LogP contribution in [0.3, 0.4) is 0 Å². The van der Waals surface area contributed by atoms with Crippen LogP contribution in [0.2, 0.25) is 10.0 Å². The van der Waals surface area contributed by atoms with Crippen LogP contribution in [0.5, 0.6) is 0 Å². The first-order chi connectivity index (χ1) is 10.1. The SMILES string of the molecule is O=C(NCCc1ccc(Cl)cc1Cl)c1cn2ncsc2n1. The third-order valence-corrected chi connectivity index (χ3v) is 4.19. The number of hydrogen-bond donors (Lipinski definition) is 1. The van der Waals surface area contributed by atoms with Gasteiger partial charge in [0.2, 0.25) is 4.96 Å². The number of aromatic nitrogens is 3. The van der Waals surface area contributed by atoms with Gasteiger partial charge in [-0.3, -0.25) is 4.79 Å². The maximum absolute atomic E-state index is 12.0. The molecular formula is C13H10Cl2N4OS. The number of benzene rings is 1. The van der Waals surface area contributed by atoms with E-state index in [1.807, 2.05) is 6.07 Å². The van der Waals surface area contributed by atoms with Crippen molar-refractivity contribution in [2.45, 2.75) is 6.42 Å². The molecule has 0 radical (unpaired) electrons. The number of hydrogen-bond acceptors (Lipinski definition) is 4. The van der Waals surface area contributed by atoms with Crippen molar-refractivity contribution in [1.82, 2.24) is 19.9 Å². The predicted octanol–water partition coefficient (Wildman–Crippen LogP) is 3.07. The molecule has 108 valence electrons. The summed E-state index contributed by atoms with van der Waals surface area (Å²) in [6.07, 6.45) is 2.23. The molecule has 0 aliphatic rings. The minimum Gasteiger partial charge on any atom is -0.350 e. The molecule has 2 heterocycles. The summed E-state index contributed by atoms with van der Waals surface area (Å²) in [5, 5.41) is 8.04. The third-order valence-electron chi connectivity index (χ3n) is 2.91. The smallest absolute Gasteiger partial charge is 0.271 e. The van der Waals surface area contributed by atoms with Gasteiger partial charge >= 0.3 is 0 Å². The molecule has 0 fully saturated rings. The van der Waals surface area contributed by atoms with E-state index in [0.717, 1.165) is 5.56 Å². The second-order valence-corrected chi connectivity index (χ2v) is 5.99. The van der Waals surface area contributed by atoms with Crippen LogP contribution < -0.4 is 5.32 Å². The van der Waals surface area contributed by atoms with E-state index >= 15 is 0 Å². The third kappa shape index (κ3) is 3.18. The summed E-state index contributed by atoms with van der Waals surface area (Å²) < 4.78 is 1.58. The fourth-order valence-corrected chi connectivity index (χ4v) is 2.98. The first-order valence-corrected chi connectivity index (χ1v) is 7.78. The number of rotatable bonds is 4. The highest BCUT2D eigenvalue weighted by atomic mass is 35.5. The topological polar surface area (TPSA) is 59.3 Å². The van der Waals surface area contributed by atoms with E-state index in [1.54, 1.807) is 28.4 Å². The van der Waals surface area contributed by atoms with Crippen molar-refractivity contribution in [3.63, 3.8) is 0 Å². The zero-order valence-corrected chi connectivity index (χ0v) is 13.0. The van der Waals surface area contributed by atoms with Crippen LogP contribution in [-0.4, -0.2) is 27.0 Å². The number of fused-ring (bicyclic) bond motifs is 1. The van der Waals surface area contributed by atoms with Gasteiger partial charge in [0.05, 0.1) is 6.20 Å². The molecule has 0 unspecified atom stereocenters. The predicted molar refractivity (Wildman–Crippen MR) is 83.4 cm³/mol. The van der Waals surface area contributed by atoms with Crippen molar-refractivity contribution in [2.75, 3.05) is 6.54 Å². The number of amides is 1. The molecule has 8 heteroatoms. The molecule has 1 N–H and O–H groups in total. The maximum atomic E-state index is 12.0. The molecule has 21 heavy (non-hydrogen) atoms. The Balaban J connectivity index is 1.59. The van der Waals surface area contributed by atoms with E-state index in [9.17, 15) is 4.79 Å². The lowest BCUT2D eigenvalue weighted by Gasteiger charge is -2.05. The Morgan fingerprint density at radius 1 is 1.38 bits per heavy atom. The standard InChI is InChI=1S/C13H10Cl2N4OS/c14-9-2-1-8(10(15)5-9)3-4-16-12(20)11-6-19-13(18-11)21-7-17-19/h1-2,5-7H,3-4H2,(H,16,20). The molecule has 3 aromatic rings. The Kier molecular flexibility index (Phi) is 4.10. The molecular weight excluding hydrogens is 331 g/mol. The van der Waals surface area contributed by atoms with Crippen LogP contribution >= 0.6 is 34.5 Å². The summed E-state index contributed by atoms with van der Waals surface area (Å²) in [6, 6.07) is 5.32. The van der Waals surface area contributed by atoms with E-state index in [4.69, 9.17) is 23.2 Å². The van der Waals surface area contributed by atoms with Gasteiger partial charge in [0.1, 0.15) is 11.2 Å². The molecule has 0 aliphatic heterocycles. The Bertz CT molecular complexity index is 770. The summed E-state index contributed by atoms with van der Waals surface area (Å²) in [4.78, 5) is 16.9. The van der Waals surface area contributed by atoms with E-state index in [-0.39, 0.29) is 5.91 Å². The molecule has 2 aromatic heterocycles. The average molecular weight is 341 g/mol. The highest BCUT2D eigenvalue weighted by molar-refractivity contribution is 7.14. The molecule has 1 aromatic carbocycles. The number of halogens is 2. The molecule has 0 saturated carbocycles. The van der Waals surface area contributed by atoms with Gasteiger partial charge in [0.25, 0.3) is 5.91 Å². The van der Waals surface area contributed by atoms with E-state index in [0.29, 0.717) is 33.7 Å². The van der Waals surface area contributed by atoms with Crippen molar-refractivity contribution >= 4 is 45.4 Å². The van der Waals surface area contributed by atoms with Crippen LogP contribution in [-0.2, 0) is 6.42 Å². The highest BCUT2D eigenvalue weighted by Crippen LogP contribution is 2.21. The second kappa shape index (κ2) is 6.01. The van der Waals surface area contributed by atoms with Gasteiger partial charge in [0, 0.05) is 16.6 Å². The fraction of sp³-hybridized carbons (Fsp3) is 0.154. The van der Waals surface area contributed by atoms with Gasteiger partial charge in [-0.2, -0.15) is 5.10 Å². The Morgan fingerprint density at radius 3 is 3.00 bits per heavy atom. The lowest BCUT2D eigenvalue weighted by molar-refractivity contribution is 0.0949. The van der Waals surface area contributed by atoms with Crippen molar-refractivity contribution in [1.29, 1.82) is 0 Å². The largest absolute Gasteiger partial charge is 0.350 e. The summed E-state index contributed by atoms with van der Waals surface area (Å²) in [5.41, 5.74) is 2.97. The number of nitrogens with zero attached hydrogens (tertiary/aromatic N) is 3. The molecule has 0 bridgehead atoms. The van der Waals surface area contributed by atoms with Crippen molar-refractivity contribution < 1.29 is 4.79 Å². The van der Waals surface area contributed by atoms with E-state index in [1.165, 1.54) is 11.3 Å². The number of carbonyl (C=O) groups is 1. The molecule has 0 atom stereocenters. The van der Waals surface area contributed by atoms with Crippen molar-refractivity contribution in [3.8, 4) is 0 Å². The summed E-state index contributed by atoms with van der Waals surface area (Å²) in [6.45, 7) is 0.471. The highest BCUT2D eigenvalue weighted by Gasteiger charge is 2.11. The Hall–Kier alpha value is -1.63. The van der Waals surface area contributed by atoms with Gasteiger partial charge in [-0.1, -0.05) is 40.6 Å². The number of carbonyl (C=O) groups excluding carboxylic acids is 1. The second-order valence-electron chi connectivity index (χ2n) is 4.33. The van der Waals surface area contributed by atoms with E-state index < -0.39 is 0 Å². The number of nitrogens with one attached hydrogen (secondary N) is 1. The van der Waals surface area contributed by atoms with Crippen LogP contribution in [0.4, 0.5) is 0 Å². The summed E-state index contributed by atoms with van der Waals surface area (Å²) in [5.74, 6) is -0.224. The van der Waals surface area contributed by atoms with Crippen LogP contribution in [0, 0.1) is 0 Å². The van der Waals surface area contributed by atoms with Gasteiger partial charge < -0.3 is 5.32 Å². The summed E-state index contributed by atoms with van der Waals surface area (Å²) in [7, 11) is 0. The minimum absolute atomic E-state index is 0.224. The molecule has 0 aliphatic carbocycles. The lowest BCUT2D eigenvalue weighted by Crippen LogP contribution is -2.26. The minimum atomic E-state index is -0.224. The van der Waals surface area contributed by atoms with Gasteiger partial charge in [-0.25, -0.2) is 9.50 Å². The first kappa shape index (κ1) is 14.3. The zero-order valence-electron chi connectivity index (χ0n) is 10.7. The molecule has 0 spiro atoms. The monoisotopic (exact) mass is 340 g/mol. The van der Waals surface area contributed by atoms with Gasteiger partial charge in [0.15, 0.2) is 0 Å². The van der Waals surface area contributed by atoms with Gasteiger partial charge in [-0.15, -0.1) is 0 Å². The number of imidazole rings is 1. The quantitative estimate of drug-likeness (QED) is 0.793. The van der Waals surface area contributed by atoms with Crippen LogP contribution in [0.1, 0.15) is 16.1 Å². The maximum Gasteiger partial charge on any atom is 0.271 e. The molecule has 1 amide bonds. The van der Waals surface area contributed by atoms with Crippen LogP contribution in [0.15, 0.2) is 29.9 Å². The van der Waals surface area contributed by atoms with Gasteiger partial charge in [-0.05, 0) is 24.1 Å². The van der Waals surface area contributed by atoms with Crippen molar-refractivity contribution in [3.05, 3.63) is 51.2 Å². The zero-order chi connectivity index (χ0) is 14.8. The van der Waals surface area contributed by atoms with Crippen LogP contribution in [0.25, 0.3) is 4.96 Å². The fourth-order valence-electron chi connectivity index (χ4n) is 1.87. The van der Waals surface area contributed by atoms with Crippen molar-refractivity contribution in [2.24, 2.45) is 0 Å².